The van der Waals surface area contributed by atoms with Crippen molar-refractivity contribution in [2.24, 2.45) is 5.92 Å². The second-order valence-electron chi connectivity index (χ2n) is 8.63. The number of nitrogens with one attached hydrogen (secondary N) is 3. The van der Waals surface area contributed by atoms with E-state index in [1.165, 1.54) is 18.3 Å². The molecule has 1 aliphatic rings. The van der Waals surface area contributed by atoms with Gasteiger partial charge in [0.25, 0.3) is 0 Å². The molecule has 0 radical (unpaired) electrons. The molecule has 11 heteroatoms. The Morgan fingerprint density at radius 1 is 1.06 bits per heavy atom. The van der Waals surface area contributed by atoms with Gasteiger partial charge in [0.1, 0.15) is 6.67 Å². The van der Waals surface area contributed by atoms with Crippen LogP contribution in [0.15, 0.2) is 42.7 Å². The van der Waals surface area contributed by atoms with Crippen molar-refractivity contribution in [2.45, 2.75) is 44.9 Å². The van der Waals surface area contributed by atoms with Crippen molar-refractivity contribution in [3.05, 3.63) is 59.4 Å². The predicted molar refractivity (Wildman–Crippen MR) is 132 cm³/mol. The minimum atomic E-state index is -1.03. The highest BCUT2D eigenvalue weighted by Gasteiger charge is 2.27. The first-order valence-electron chi connectivity index (χ1n) is 11.8. The van der Waals surface area contributed by atoms with Crippen LogP contribution in [0.25, 0.3) is 11.4 Å². The third-order valence-electron chi connectivity index (χ3n) is 6.26. The lowest BCUT2D eigenvalue weighted by molar-refractivity contribution is -0.126. The van der Waals surface area contributed by atoms with Crippen molar-refractivity contribution in [1.82, 2.24) is 25.3 Å². The van der Waals surface area contributed by atoms with Crippen molar-refractivity contribution < 1.29 is 19.1 Å². The van der Waals surface area contributed by atoms with Gasteiger partial charge in [-0.3, -0.25) is 9.78 Å². The summed E-state index contributed by atoms with van der Waals surface area (Å²) in [6, 6.07) is 8.12. The van der Waals surface area contributed by atoms with Crippen molar-refractivity contribution in [3.63, 3.8) is 0 Å². The van der Waals surface area contributed by atoms with Gasteiger partial charge >= 0.3 is 5.97 Å². The molecule has 0 aliphatic heterocycles. The van der Waals surface area contributed by atoms with Gasteiger partial charge in [0.15, 0.2) is 5.82 Å². The molecule has 0 bridgehead atoms. The van der Waals surface area contributed by atoms with Gasteiger partial charge in [0.2, 0.25) is 17.8 Å². The number of nitrogens with zero attached hydrogens (tertiary/aromatic N) is 4. The molecule has 0 spiro atoms. The molecule has 1 amide bonds. The van der Waals surface area contributed by atoms with E-state index in [1.807, 2.05) is 0 Å². The Balaban J connectivity index is 1.36. The molecule has 1 saturated carbocycles. The zero-order chi connectivity index (χ0) is 25.5. The lowest BCUT2D eigenvalue weighted by atomic mass is 9.85. The Morgan fingerprint density at radius 2 is 1.83 bits per heavy atom. The topological polar surface area (TPSA) is 142 Å². The third kappa shape index (κ3) is 6.09. The van der Waals surface area contributed by atoms with Gasteiger partial charge in [-0.25, -0.2) is 9.18 Å². The van der Waals surface area contributed by atoms with Gasteiger partial charge in [0.05, 0.1) is 5.56 Å². The molecule has 0 unspecified atom stereocenters. The number of carbonyl (C=O) groups is 2. The summed E-state index contributed by atoms with van der Waals surface area (Å²) < 4.78 is 13.1. The van der Waals surface area contributed by atoms with Crippen LogP contribution in [0.2, 0.25) is 0 Å². The normalized spacial score (nSPS) is 17.3. The summed E-state index contributed by atoms with van der Waals surface area (Å²) in [5.41, 5.74) is 1.94. The van der Waals surface area contributed by atoms with E-state index >= 15 is 0 Å². The Morgan fingerprint density at radius 3 is 2.56 bits per heavy atom. The highest BCUT2D eigenvalue weighted by molar-refractivity contribution is 5.89. The first-order chi connectivity index (χ1) is 17.5. The molecule has 2 aromatic heterocycles. The average molecular weight is 494 g/mol. The molecule has 3 aromatic rings. The second-order valence-corrected chi connectivity index (χ2v) is 8.63. The average Bonchev–Trinajstić information content (AvgIpc) is 2.92. The molecule has 2 heterocycles. The van der Waals surface area contributed by atoms with Gasteiger partial charge < -0.3 is 21.1 Å². The number of anilines is 2. The molecule has 1 fully saturated rings. The molecule has 10 nitrogen and oxygen atoms in total. The van der Waals surface area contributed by atoms with E-state index in [4.69, 9.17) is 0 Å². The van der Waals surface area contributed by atoms with Crippen LogP contribution in [-0.4, -0.2) is 50.0 Å². The fourth-order valence-corrected chi connectivity index (χ4v) is 4.23. The number of pyridine rings is 1. The van der Waals surface area contributed by atoms with Gasteiger partial charge in [0, 0.05) is 43.5 Å². The molecule has 1 aliphatic carbocycles. The van der Waals surface area contributed by atoms with Crippen molar-refractivity contribution in [3.8, 4) is 11.4 Å². The number of aromatic carboxylic acids is 1. The van der Waals surface area contributed by atoms with Gasteiger partial charge in [-0.15, -0.1) is 0 Å². The number of carboxylic acids is 1. The van der Waals surface area contributed by atoms with Crippen LogP contribution in [0.1, 0.15) is 47.2 Å². The SMILES string of the molecule is CNc1nc(N[C@H]2CC[C@@H](C(=O)NCc3cnccc3CF)CC2)nc(-c2cccc(C(=O)O)c2)n1. The van der Waals surface area contributed by atoms with Crippen LogP contribution in [0.3, 0.4) is 0 Å². The lowest BCUT2D eigenvalue weighted by Gasteiger charge is -2.28. The van der Waals surface area contributed by atoms with Gasteiger partial charge in [-0.1, -0.05) is 12.1 Å². The molecular weight excluding hydrogens is 465 g/mol. The first kappa shape index (κ1) is 25.0. The molecule has 0 saturated heterocycles. The molecule has 4 rings (SSSR count). The number of hydrogen-bond acceptors (Lipinski definition) is 8. The van der Waals surface area contributed by atoms with E-state index in [0.717, 1.165) is 12.8 Å². The molecule has 1 aromatic carbocycles. The first-order valence-corrected chi connectivity index (χ1v) is 11.8. The minimum Gasteiger partial charge on any atom is -0.478 e. The molecule has 4 N–H and O–H groups in total. The van der Waals surface area contributed by atoms with Crippen molar-refractivity contribution >= 4 is 23.8 Å². The summed E-state index contributed by atoms with van der Waals surface area (Å²) in [6.07, 6.45) is 6.02. The number of amides is 1. The van der Waals surface area contributed by atoms with Crippen LogP contribution >= 0.6 is 0 Å². The minimum absolute atomic E-state index is 0.0414. The van der Waals surface area contributed by atoms with E-state index in [9.17, 15) is 19.1 Å². The highest BCUT2D eigenvalue weighted by Crippen LogP contribution is 2.27. The number of hydrogen-bond donors (Lipinski definition) is 4. The fraction of sp³-hybridized carbons (Fsp3) is 0.360. The van der Waals surface area contributed by atoms with Crippen LogP contribution in [0, 0.1) is 5.92 Å². The maximum absolute atomic E-state index is 13.1. The molecular formula is C25H28FN7O3. The zero-order valence-electron chi connectivity index (χ0n) is 19.9. The summed E-state index contributed by atoms with van der Waals surface area (Å²) in [5.74, 6) is -0.0830. The summed E-state index contributed by atoms with van der Waals surface area (Å²) in [7, 11) is 1.70. The smallest absolute Gasteiger partial charge is 0.335 e. The van der Waals surface area contributed by atoms with E-state index in [2.05, 4.69) is 35.9 Å². The standard InChI is InChI=1S/C25H28FN7O3/c1-27-24-31-21(16-3-2-4-17(11-16)23(35)36)32-25(33-24)30-20-7-5-15(6-8-20)22(34)29-14-19-13-28-10-9-18(19)12-26/h2-4,9-11,13,15,20H,5-8,12,14H2,1H3,(H,29,34)(H,35,36)(H2,27,30,31,32,33)/t15-,20+. The summed E-state index contributed by atoms with van der Waals surface area (Å²) in [6.45, 7) is -0.336. The van der Waals surface area contributed by atoms with Crippen molar-refractivity contribution in [1.29, 1.82) is 0 Å². The van der Waals surface area contributed by atoms with E-state index in [-0.39, 0.29) is 30.0 Å². The molecule has 0 atom stereocenters. The number of benzene rings is 1. The van der Waals surface area contributed by atoms with Gasteiger partial charge in [-0.2, -0.15) is 15.0 Å². The Kier molecular flexibility index (Phi) is 7.99. The van der Waals surface area contributed by atoms with Gasteiger partial charge in [-0.05, 0) is 55.0 Å². The maximum atomic E-state index is 13.1. The number of halogens is 1. The monoisotopic (exact) mass is 493 g/mol. The number of carboxylic acid groups (broad SMARTS) is 1. The van der Waals surface area contributed by atoms with Crippen LogP contribution < -0.4 is 16.0 Å². The zero-order valence-corrected chi connectivity index (χ0v) is 19.9. The summed E-state index contributed by atoms with van der Waals surface area (Å²) >= 11 is 0. The van der Waals surface area contributed by atoms with E-state index in [1.54, 1.807) is 31.4 Å². The Bertz CT molecular complexity index is 1230. The van der Waals surface area contributed by atoms with Crippen LogP contribution in [0.4, 0.5) is 16.3 Å². The Hall–Kier alpha value is -4.15. The van der Waals surface area contributed by atoms with Crippen molar-refractivity contribution in [2.75, 3.05) is 17.7 Å². The summed E-state index contributed by atoms with van der Waals surface area (Å²) in [4.78, 5) is 41.3. The predicted octanol–water partition coefficient (Wildman–Crippen LogP) is 3.43. The van der Waals surface area contributed by atoms with E-state index in [0.29, 0.717) is 47.3 Å². The largest absolute Gasteiger partial charge is 0.478 e. The quantitative estimate of drug-likeness (QED) is 0.353. The second kappa shape index (κ2) is 11.5. The fourth-order valence-electron chi connectivity index (χ4n) is 4.23. The molecule has 36 heavy (non-hydrogen) atoms. The third-order valence-corrected chi connectivity index (χ3v) is 6.26. The van der Waals surface area contributed by atoms with E-state index < -0.39 is 12.6 Å². The Labute approximate surface area is 207 Å². The maximum Gasteiger partial charge on any atom is 0.335 e. The number of aromatic nitrogens is 4. The number of rotatable bonds is 9. The highest BCUT2D eigenvalue weighted by atomic mass is 19.1. The lowest BCUT2D eigenvalue weighted by Crippen LogP contribution is -2.36. The molecule has 188 valence electrons. The van der Waals surface area contributed by atoms with Crippen LogP contribution in [0.5, 0.6) is 0 Å². The number of carbonyl (C=O) groups excluding carboxylic acids is 1. The van der Waals surface area contributed by atoms with Crippen LogP contribution in [-0.2, 0) is 18.0 Å². The summed E-state index contributed by atoms with van der Waals surface area (Å²) in [5, 5.41) is 18.4. The number of alkyl halides is 1.